The van der Waals surface area contributed by atoms with Crippen LogP contribution in [0.4, 0.5) is 10.7 Å². The summed E-state index contributed by atoms with van der Waals surface area (Å²) in [6, 6.07) is 0.0602. The minimum atomic E-state index is -1.06. The fourth-order valence-electron chi connectivity index (χ4n) is 1.35. The van der Waals surface area contributed by atoms with Crippen molar-refractivity contribution >= 4 is 17.9 Å². The fraction of sp³-hybridized carbons (Fsp3) is 0.455. The van der Waals surface area contributed by atoms with Gasteiger partial charge in [-0.05, 0) is 18.4 Å². The van der Waals surface area contributed by atoms with Crippen molar-refractivity contribution in [1.29, 1.82) is 0 Å². The molecule has 1 rings (SSSR count). The van der Waals surface area contributed by atoms with E-state index in [2.05, 4.69) is 20.6 Å². The summed E-state index contributed by atoms with van der Waals surface area (Å²) < 4.78 is 0. The number of hydrogen-bond acceptors (Lipinski definition) is 4. The van der Waals surface area contributed by atoms with Crippen LogP contribution in [0, 0.1) is 5.92 Å². The summed E-state index contributed by atoms with van der Waals surface area (Å²) >= 11 is 0. The maximum absolute atomic E-state index is 11.5. The lowest BCUT2D eigenvalue weighted by Crippen LogP contribution is -2.43. The second kappa shape index (κ2) is 6.53. The Morgan fingerprint density at radius 2 is 1.94 bits per heavy atom. The molecule has 18 heavy (non-hydrogen) atoms. The van der Waals surface area contributed by atoms with E-state index in [1.807, 2.05) is 13.8 Å². The Balaban J connectivity index is 2.54. The van der Waals surface area contributed by atoms with E-state index in [1.54, 1.807) is 6.07 Å². The van der Waals surface area contributed by atoms with Gasteiger partial charge in [0.05, 0.1) is 0 Å². The zero-order valence-corrected chi connectivity index (χ0v) is 10.3. The molecule has 0 radical (unpaired) electrons. The molecule has 1 atom stereocenters. The molecule has 0 bridgehead atoms. The summed E-state index contributed by atoms with van der Waals surface area (Å²) in [5.41, 5.74) is 0. The van der Waals surface area contributed by atoms with Crippen molar-refractivity contribution in [2.75, 3.05) is 5.32 Å². The number of rotatable bonds is 5. The second-order valence-corrected chi connectivity index (χ2v) is 4.19. The van der Waals surface area contributed by atoms with Crippen LogP contribution in [0.1, 0.15) is 20.3 Å². The normalized spacial score (nSPS) is 11.9. The van der Waals surface area contributed by atoms with E-state index in [-0.39, 0.29) is 11.9 Å². The largest absolute Gasteiger partial charge is 0.480 e. The Bertz CT molecular complexity index is 408. The van der Waals surface area contributed by atoms with E-state index in [1.165, 1.54) is 12.4 Å². The molecule has 0 aliphatic rings. The number of amides is 2. The number of carbonyl (C=O) groups is 2. The molecular weight excluding hydrogens is 236 g/mol. The van der Waals surface area contributed by atoms with Gasteiger partial charge in [-0.15, -0.1) is 0 Å². The van der Waals surface area contributed by atoms with Gasteiger partial charge in [0, 0.05) is 12.4 Å². The SMILES string of the molecule is CC(C)C[C@H](NC(=O)Nc1ncccn1)C(=O)O. The van der Waals surface area contributed by atoms with Crippen LogP contribution in [0.25, 0.3) is 0 Å². The molecule has 0 aromatic carbocycles. The molecule has 0 aliphatic heterocycles. The van der Waals surface area contributed by atoms with Gasteiger partial charge in [-0.3, -0.25) is 5.32 Å². The van der Waals surface area contributed by atoms with Crippen LogP contribution >= 0.6 is 0 Å². The third kappa shape index (κ3) is 4.77. The minimum absolute atomic E-state index is 0.128. The highest BCUT2D eigenvalue weighted by atomic mass is 16.4. The molecular formula is C11H16N4O3. The Kier molecular flexibility index (Phi) is 5.04. The van der Waals surface area contributed by atoms with Crippen LogP contribution in [0.2, 0.25) is 0 Å². The predicted molar refractivity (Wildman–Crippen MR) is 65.1 cm³/mol. The van der Waals surface area contributed by atoms with E-state index < -0.39 is 18.0 Å². The van der Waals surface area contributed by atoms with Crippen LogP contribution < -0.4 is 10.6 Å². The van der Waals surface area contributed by atoms with Crippen molar-refractivity contribution in [1.82, 2.24) is 15.3 Å². The van der Waals surface area contributed by atoms with E-state index in [0.29, 0.717) is 6.42 Å². The average Bonchev–Trinajstić information content (AvgIpc) is 2.28. The van der Waals surface area contributed by atoms with Gasteiger partial charge in [-0.1, -0.05) is 13.8 Å². The highest BCUT2D eigenvalue weighted by molar-refractivity contribution is 5.90. The van der Waals surface area contributed by atoms with E-state index >= 15 is 0 Å². The summed E-state index contributed by atoms with van der Waals surface area (Å²) in [7, 11) is 0. The predicted octanol–water partition coefficient (Wildman–Crippen LogP) is 1.10. The van der Waals surface area contributed by atoms with Crippen LogP contribution in [0.5, 0.6) is 0 Å². The number of hydrogen-bond donors (Lipinski definition) is 3. The van der Waals surface area contributed by atoms with Gasteiger partial charge in [-0.2, -0.15) is 0 Å². The second-order valence-electron chi connectivity index (χ2n) is 4.19. The summed E-state index contributed by atoms with van der Waals surface area (Å²) in [6.07, 6.45) is 3.31. The van der Waals surface area contributed by atoms with Gasteiger partial charge in [-0.25, -0.2) is 19.6 Å². The lowest BCUT2D eigenvalue weighted by molar-refractivity contribution is -0.139. The third-order valence-corrected chi connectivity index (χ3v) is 2.10. The molecule has 0 unspecified atom stereocenters. The smallest absolute Gasteiger partial charge is 0.326 e. The Morgan fingerprint density at radius 1 is 1.33 bits per heavy atom. The van der Waals surface area contributed by atoms with Gasteiger partial charge in [0.2, 0.25) is 5.95 Å². The molecule has 7 nitrogen and oxygen atoms in total. The van der Waals surface area contributed by atoms with Gasteiger partial charge < -0.3 is 10.4 Å². The number of aromatic nitrogens is 2. The van der Waals surface area contributed by atoms with Gasteiger partial charge in [0.1, 0.15) is 6.04 Å². The number of carboxylic acids is 1. The highest BCUT2D eigenvalue weighted by Crippen LogP contribution is 2.05. The molecule has 7 heteroatoms. The first kappa shape index (κ1) is 13.9. The van der Waals surface area contributed by atoms with Gasteiger partial charge in [0.15, 0.2) is 0 Å². The molecule has 1 aromatic heterocycles. The van der Waals surface area contributed by atoms with E-state index in [9.17, 15) is 9.59 Å². The minimum Gasteiger partial charge on any atom is -0.480 e. The van der Waals surface area contributed by atoms with Crippen LogP contribution in [-0.4, -0.2) is 33.1 Å². The van der Waals surface area contributed by atoms with Gasteiger partial charge >= 0.3 is 12.0 Å². The number of carbonyl (C=O) groups excluding carboxylic acids is 1. The highest BCUT2D eigenvalue weighted by Gasteiger charge is 2.21. The lowest BCUT2D eigenvalue weighted by atomic mass is 10.0. The zero-order valence-electron chi connectivity index (χ0n) is 10.3. The number of urea groups is 1. The number of carboxylic acid groups (broad SMARTS) is 1. The molecule has 0 aliphatic carbocycles. The molecule has 0 fully saturated rings. The van der Waals surface area contributed by atoms with Crippen molar-refractivity contribution in [2.24, 2.45) is 5.92 Å². The number of nitrogens with zero attached hydrogens (tertiary/aromatic N) is 2. The average molecular weight is 252 g/mol. The Morgan fingerprint density at radius 3 is 2.44 bits per heavy atom. The molecule has 0 spiro atoms. The molecule has 0 saturated heterocycles. The molecule has 3 N–H and O–H groups in total. The molecule has 1 aromatic rings. The van der Waals surface area contributed by atoms with Crippen molar-refractivity contribution < 1.29 is 14.7 Å². The number of anilines is 1. The maximum Gasteiger partial charge on any atom is 0.326 e. The lowest BCUT2D eigenvalue weighted by Gasteiger charge is -2.16. The summed E-state index contributed by atoms with van der Waals surface area (Å²) in [4.78, 5) is 30.1. The Hall–Kier alpha value is -2.18. The first-order valence-electron chi connectivity index (χ1n) is 5.56. The van der Waals surface area contributed by atoms with Crippen LogP contribution in [0.3, 0.4) is 0 Å². The van der Waals surface area contributed by atoms with Gasteiger partial charge in [0.25, 0.3) is 0 Å². The molecule has 98 valence electrons. The van der Waals surface area contributed by atoms with E-state index in [4.69, 9.17) is 5.11 Å². The first-order chi connectivity index (χ1) is 8.49. The fourth-order valence-corrected chi connectivity index (χ4v) is 1.35. The maximum atomic E-state index is 11.5. The zero-order chi connectivity index (χ0) is 13.5. The summed E-state index contributed by atoms with van der Waals surface area (Å²) in [6.45, 7) is 3.77. The van der Waals surface area contributed by atoms with Crippen molar-refractivity contribution in [3.05, 3.63) is 18.5 Å². The molecule has 2 amide bonds. The summed E-state index contributed by atoms with van der Waals surface area (Å²) in [5.74, 6) is -0.768. The molecule has 0 saturated carbocycles. The first-order valence-corrected chi connectivity index (χ1v) is 5.56. The topological polar surface area (TPSA) is 104 Å². The van der Waals surface area contributed by atoms with Crippen LogP contribution in [-0.2, 0) is 4.79 Å². The van der Waals surface area contributed by atoms with Crippen molar-refractivity contribution in [3.8, 4) is 0 Å². The standard InChI is InChI=1S/C11H16N4O3/c1-7(2)6-8(9(16)17)14-11(18)15-10-12-4-3-5-13-10/h3-5,7-8H,6H2,1-2H3,(H,16,17)(H2,12,13,14,15,18)/t8-/m0/s1. The molecule has 1 heterocycles. The third-order valence-electron chi connectivity index (χ3n) is 2.10. The van der Waals surface area contributed by atoms with E-state index in [0.717, 1.165) is 0 Å². The van der Waals surface area contributed by atoms with Crippen molar-refractivity contribution in [2.45, 2.75) is 26.3 Å². The van der Waals surface area contributed by atoms with Crippen molar-refractivity contribution in [3.63, 3.8) is 0 Å². The number of nitrogens with one attached hydrogen (secondary N) is 2. The van der Waals surface area contributed by atoms with Crippen LogP contribution in [0.15, 0.2) is 18.5 Å². The quantitative estimate of drug-likeness (QED) is 0.727. The Labute approximate surface area is 105 Å². The monoisotopic (exact) mass is 252 g/mol. The summed E-state index contributed by atoms with van der Waals surface area (Å²) in [5, 5.41) is 13.7. The number of aliphatic carboxylic acids is 1.